The van der Waals surface area contributed by atoms with Gasteiger partial charge in [-0.05, 0) is 43.7 Å². The second kappa shape index (κ2) is 9.52. The minimum absolute atomic E-state index is 0.0735. The molecule has 1 aliphatic rings. The SMILES string of the molecule is CCN(C)c1cc(-c2cccc(OC)c2)nn(-c2cc(N3CC[C@H](O)C3)ccc2[N+](=O)[O-])c1=O. The molecule has 1 N–H and O–H groups in total. The van der Waals surface area contributed by atoms with E-state index in [1.54, 1.807) is 49.4 Å². The molecule has 0 amide bonds. The molecule has 4 rings (SSSR count). The summed E-state index contributed by atoms with van der Waals surface area (Å²) in [4.78, 5) is 28.6. The van der Waals surface area contributed by atoms with Gasteiger partial charge in [0, 0.05) is 44.0 Å². The number of aliphatic hydroxyl groups is 1. The van der Waals surface area contributed by atoms with Gasteiger partial charge in [-0.1, -0.05) is 12.1 Å². The zero-order valence-electron chi connectivity index (χ0n) is 19.3. The normalized spacial score (nSPS) is 15.4. The monoisotopic (exact) mass is 465 g/mol. The van der Waals surface area contributed by atoms with Gasteiger partial charge in [0.05, 0.1) is 23.8 Å². The van der Waals surface area contributed by atoms with Crippen molar-refractivity contribution in [3.63, 3.8) is 0 Å². The predicted molar refractivity (Wildman–Crippen MR) is 130 cm³/mol. The number of methoxy groups -OCH3 is 1. The fourth-order valence-electron chi connectivity index (χ4n) is 4.02. The molecule has 1 saturated heterocycles. The van der Waals surface area contributed by atoms with Crippen LogP contribution >= 0.6 is 0 Å². The van der Waals surface area contributed by atoms with Crippen LogP contribution in [-0.2, 0) is 0 Å². The summed E-state index contributed by atoms with van der Waals surface area (Å²) in [5, 5.41) is 26.4. The third-order valence-corrected chi connectivity index (χ3v) is 6.06. The maximum Gasteiger partial charge on any atom is 0.295 e. The summed E-state index contributed by atoms with van der Waals surface area (Å²) >= 11 is 0. The molecule has 2 aromatic carbocycles. The highest BCUT2D eigenvalue weighted by Gasteiger charge is 2.25. The van der Waals surface area contributed by atoms with Gasteiger partial charge in [0.15, 0.2) is 0 Å². The highest BCUT2D eigenvalue weighted by atomic mass is 16.6. The molecule has 2 heterocycles. The number of nitrogens with zero attached hydrogens (tertiary/aromatic N) is 5. The summed E-state index contributed by atoms with van der Waals surface area (Å²) in [5.74, 6) is 0.628. The van der Waals surface area contributed by atoms with Gasteiger partial charge in [0.2, 0.25) is 0 Å². The number of benzene rings is 2. The highest BCUT2D eigenvalue weighted by Crippen LogP contribution is 2.31. The number of rotatable bonds is 7. The van der Waals surface area contributed by atoms with Crippen molar-refractivity contribution >= 4 is 17.1 Å². The Bertz CT molecular complexity index is 1270. The molecule has 0 spiro atoms. The van der Waals surface area contributed by atoms with E-state index in [0.717, 1.165) is 4.68 Å². The van der Waals surface area contributed by atoms with Crippen LogP contribution in [-0.4, -0.2) is 59.7 Å². The van der Waals surface area contributed by atoms with Crippen molar-refractivity contribution in [2.24, 2.45) is 0 Å². The Morgan fingerprint density at radius 3 is 2.71 bits per heavy atom. The number of nitro groups is 1. The van der Waals surface area contributed by atoms with Crippen LogP contribution in [0.4, 0.5) is 17.1 Å². The molecule has 1 atom stereocenters. The summed E-state index contributed by atoms with van der Waals surface area (Å²) < 4.78 is 6.43. The molecule has 10 nitrogen and oxygen atoms in total. The lowest BCUT2D eigenvalue weighted by Gasteiger charge is -2.21. The number of ether oxygens (including phenoxy) is 1. The fourth-order valence-corrected chi connectivity index (χ4v) is 4.02. The van der Waals surface area contributed by atoms with Crippen molar-refractivity contribution in [1.29, 1.82) is 0 Å². The van der Waals surface area contributed by atoms with Crippen LogP contribution in [0.1, 0.15) is 13.3 Å². The average Bonchev–Trinajstić information content (AvgIpc) is 3.29. The third-order valence-electron chi connectivity index (χ3n) is 6.06. The largest absolute Gasteiger partial charge is 0.497 e. The summed E-state index contributed by atoms with van der Waals surface area (Å²) in [7, 11) is 3.35. The van der Waals surface area contributed by atoms with Crippen LogP contribution in [0.25, 0.3) is 16.9 Å². The van der Waals surface area contributed by atoms with Crippen molar-refractivity contribution in [2.45, 2.75) is 19.4 Å². The first-order valence-electron chi connectivity index (χ1n) is 11.0. The molecule has 1 fully saturated rings. The van der Waals surface area contributed by atoms with E-state index < -0.39 is 16.6 Å². The van der Waals surface area contributed by atoms with Gasteiger partial charge in [0.1, 0.15) is 17.1 Å². The Morgan fingerprint density at radius 1 is 1.26 bits per heavy atom. The number of hydrogen-bond acceptors (Lipinski definition) is 8. The quantitative estimate of drug-likeness (QED) is 0.419. The topological polar surface area (TPSA) is 114 Å². The molecule has 0 radical (unpaired) electrons. The third kappa shape index (κ3) is 4.44. The van der Waals surface area contributed by atoms with Gasteiger partial charge < -0.3 is 19.6 Å². The molecule has 0 aliphatic carbocycles. The standard InChI is InChI=1S/C24H27N5O5/c1-4-26(2)23-14-20(16-6-5-7-19(12-16)34-3)25-28(24(23)31)22-13-17(8-9-21(22)29(32)33)27-11-10-18(30)15-27/h5-9,12-14,18,30H,4,10-11,15H2,1-3H3/t18-/m0/s1. The zero-order valence-corrected chi connectivity index (χ0v) is 19.3. The smallest absolute Gasteiger partial charge is 0.295 e. The molecule has 0 unspecified atom stereocenters. The van der Waals surface area contributed by atoms with Crippen molar-refractivity contribution in [3.05, 3.63) is 69.0 Å². The second-order valence-electron chi connectivity index (χ2n) is 8.20. The maximum absolute atomic E-state index is 13.5. The van der Waals surface area contributed by atoms with Crippen molar-refractivity contribution in [1.82, 2.24) is 9.78 Å². The average molecular weight is 466 g/mol. The lowest BCUT2D eigenvalue weighted by atomic mass is 10.1. The van der Waals surface area contributed by atoms with E-state index >= 15 is 0 Å². The van der Waals surface area contributed by atoms with Crippen LogP contribution in [0.3, 0.4) is 0 Å². The van der Waals surface area contributed by atoms with E-state index in [4.69, 9.17) is 4.74 Å². The zero-order chi connectivity index (χ0) is 24.4. The fraction of sp³-hybridized carbons (Fsp3) is 0.333. The number of hydrogen-bond donors (Lipinski definition) is 1. The number of aliphatic hydroxyl groups excluding tert-OH is 1. The Balaban J connectivity index is 1.95. The first-order valence-corrected chi connectivity index (χ1v) is 11.0. The molecule has 0 saturated carbocycles. The van der Waals surface area contributed by atoms with Crippen molar-refractivity contribution < 1.29 is 14.8 Å². The van der Waals surface area contributed by atoms with Crippen LogP contribution in [0.5, 0.6) is 5.75 Å². The number of anilines is 2. The summed E-state index contributed by atoms with van der Waals surface area (Å²) in [5.41, 5.74) is 1.62. The van der Waals surface area contributed by atoms with Gasteiger partial charge in [-0.2, -0.15) is 9.78 Å². The number of aromatic nitrogens is 2. The number of β-amino-alcohol motifs (C(OH)–C–C–N with tert-alkyl or cyclic N) is 1. The minimum Gasteiger partial charge on any atom is -0.497 e. The predicted octanol–water partition coefficient (Wildman–Crippen LogP) is 2.84. The molecule has 0 bridgehead atoms. The van der Waals surface area contributed by atoms with E-state index in [0.29, 0.717) is 54.4 Å². The molecule has 34 heavy (non-hydrogen) atoms. The highest BCUT2D eigenvalue weighted by molar-refractivity contribution is 5.68. The molecule has 178 valence electrons. The van der Waals surface area contributed by atoms with Gasteiger partial charge in [-0.25, -0.2) is 0 Å². The summed E-state index contributed by atoms with van der Waals surface area (Å²) in [6, 6.07) is 13.5. The van der Waals surface area contributed by atoms with Gasteiger partial charge in [0.25, 0.3) is 11.2 Å². The molecular weight excluding hydrogens is 438 g/mol. The minimum atomic E-state index is -0.520. The summed E-state index contributed by atoms with van der Waals surface area (Å²) in [6.45, 7) is 3.52. The van der Waals surface area contributed by atoms with E-state index in [2.05, 4.69) is 5.10 Å². The van der Waals surface area contributed by atoms with Crippen molar-refractivity contribution in [3.8, 4) is 22.7 Å². The van der Waals surface area contributed by atoms with Gasteiger partial charge >= 0.3 is 0 Å². The Labute approximate surface area is 196 Å². The first-order chi connectivity index (χ1) is 16.3. The van der Waals surface area contributed by atoms with Crippen molar-refractivity contribution in [2.75, 3.05) is 43.6 Å². The Kier molecular flexibility index (Phi) is 6.51. The number of nitro benzene ring substituents is 1. The van der Waals surface area contributed by atoms with E-state index in [1.807, 2.05) is 24.0 Å². The van der Waals surface area contributed by atoms with Gasteiger partial charge in [-0.3, -0.25) is 14.9 Å². The Hall–Kier alpha value is -3.92. The maximum atomic E-state index is 13.5. The molecule has 1 aliphatic heterocycles. The van der Waals surface area contributed by atoms with Crippen LogP contribution in [0.2, 0.25) is 0 Å². The second-order valence-corrected chi connectivity index (χ2v) is 8.20. The molecule has 3 aromatic rings. The lowest BCUT2D eigenvalue weighted by Crippen LogP contribution is -2.31. The molecule has 1 aromatic heterocycles. The summed E-state index contributed by atoms with van der Waals surface area (Å²) in [6.07, 6.45) is 0.155. The van der Waals surface area contributed by atoms with E-state index in [1.165, 1.54) is 6.07 Å². The van der Waals surface area contributed by atoms with Crippen LogP contribution in [0.15, 0.2) is 53.3 Å². The van der Waals surface area contributed by atoms with Crippen LogP contribution < -0.4 is 20.1 Å². The van der Waals surface area contributed by atoms with Crippen LogP contribution in [0, 0.1) is 10.1 Å². The first kappa shape index (κ1) is 23.2. The Morgan fingerprint density at radius 2 is 2.06 bits per heavy atom. The van der Waals surface area contributed by atoms with E-state index in [9.17, 15) is 20.0 Å². The lowest BCUT2D eigenvalue weighted by molar-refractivity contribution is -0.384. The van der Waals surface area contributed by atoms with E-state index in [-0.39, 0.29) is 11.4 Å². The van der Waals surface area contributed by atoms with Gasteiger partial charge in [-0.15, -0.1) is 0 Å². The molecular formula is C24H27N5O5. The molecule has 10 heteroatoms.